The van der Waals surface area contributed by atoms with Crippen molar-refractivity contribution >= 4 is 23.7 Å². The fourth-order valence-corrected chi connectivity index (χ4v) is 3.24. The highest BCUT2D eigenvalue weighted by molar-refractivity contribution is 7.98. The van der Waals surface area contributed by atoms with Gasteiger partial charge in [0.05, 0.1) is 5.69 Å². The van der Waals surface area contributed by atoms with Gasteiger partial charge in [0.2, 0.25) is 5.89 Å². The molecule has 29 heavy (non-hydrogen) atoms. The number of benzene rings is 2. The molecule has 146 valence electrons. The van der Waals surface area contributed by atoms with E-state index in [4.69, 9.17) is 4.42 Å². The van der Waals surface area contributed by atoms with E-state index in [1.54, 1.807) is 30.0 Å². The number of hydrogen-bond donors (Lipinski definition) is 3. The van der Waals surface area contributed by atoms with Crippen LogP contribution in [-0.2, 0) is 0 Å². The van der Waals surface area contributed by atoms with Crippen molar-refractivity contribution in [3.05, 3.63) is 66.2 Å². The molecule has 0 saturated heterocycles. The van der Waals surface area contributed by atoms with Crippen molar-refractivity contribution in [2.75, 3.05) is 11.6 Å². The first-order chi connectivity index (χ1) is 14.0. The standard InChI is InChI=1S/C20H16N4O4S/c1-29-15-7-3-5-13(11-15)19-22-23-20(28-19)21-18(27)12-4-2-6-14(10-12)24-16(25)8-9-17(24)26/h2-11,25-26H,1H3,(H,21,23,27). The predicted octanol–water partition coefficient (Wildman–Crippen LogP) is 3.91. The van der Waals surface area contributed by atoms with E-state index in [1.165, 1.54) is 22.8 Å². The molecule has 0 unspecified atom stereocenters. The minimum absolute atomic E-state index is 0.0309. The number of nitrogens with one attached hydrogen (secondary N) is 1. The first-order valence-corrected chi connectivity index (χ1v) is 9.77. The lowest BCUT2D eigenvalue weighted by molar-refractivity contribution is 0.102. The third kappa shape index (κ3) is 3.81. The van der Waals surface area contributed by atoms with Crippen LogP contribution in [0.4, 0.5) is 6.01 Å². The van der Waals surface area contributed by atoms with Gasteiger partial charge in [0, 0.05) is 28.2 Å². The lowest BCUT2D eigenvalue weighted by atomic mass is 10.2. The third-order valence-electron chi connectivity index (χ3n) is 4.17. The van der Waals surface area contributed by atoms with Gasteiger partial charge >= 0.3 is 6.01 Å². The Morgan fingerprint density at radius 1 is 1.03 bits per heavy atom. The molecule has 0 atom stereocenters. The van der Waals surface area contributed by atoms with Crippen molar-refractivity contribution in [1.29, 1.82) is 0 Å². The van der Waals surface area contributed by atoms with E-state index in [9.17, 15) is 15.0 Å². The van der Waals surface area contributed by atoms with E-state index in [-0.39, 0.29) is 17.8 Å². The van der Waals surface area contributed by atoms with Gasteiger partial charge in [0.1, 0.15) is 0 Å². The Balaban J connectivity index is 1.55. The molecule has 0 aliphatic carbocycles. The molecule has 4 rings (SSSR count). The second kappa shape index (κ2) is 7.72. The zero-order valence-electron chi connectivity index (χ0n) is 15.2. The normalized spacial score (nSPS) is 10.8. The Morgan fingerprint density at radius 3 is 2.55 bits per heavy atom. The minimum atomic E-state index is -0.467. The quantitative estimate of drug-likeness (QED) is 0.429. The topological polar surface area (TPSA) is 113 Å². The second-order valence-corrected chi connectivity index (χ2v) is 6.91. The molecule has 8 nitrogen and oxygen atoms in total. The van der Waals surface area contributed by atoms with Crippen LogP contribution < -0.4 is 5.32 Å². The van der Waals surface area contributed by atoms with Crippen LogP contribution in [0, 0.1) is 0 Å². The summed E-state index contributed by atoms with van der Waals surface area (Å²) in [5.41, 5.74) is 1.47. The van der Waals surface area contributed by atoms with Crippen LogP contribution >= 0.6 is 11.8 Å². The largest absolute Gasteiger partial charge is 0.494 e. The molecular weight excluding hydrogens is 392 g/mol. The van der Waals surface area contributed by atoms with Gasteiger partial charge in [-0.2, -0.15) is 0 Å². The summed E-state index contributed by atoms with van der Waals surface area (Å²) in [5.74, 6) is -0.457. The highest BCUT2D eigenvalue weighted by Gasteiger charge is 2.15. The Kier molecular flexibility index (Phi) is 4.96. The molecule has 0 aliphatic rings. The van der Waals surface area contributed by atoms with Crippen LogP contribution in [0.25, 0.3) is 17.1 Å². The first-order valence-electron chi connectivity index (χ1n) is 8.54. The molecule has 4 aromatic rings. The van der Waals surface area contributed by atoms with Gasteiger partial charge in [-0.1, -0.05) is 17.2 Å². The maximum absolute atomic E-state index is 12.6. The van der Waals surface area contributed by atoms with Gasteiger partial charge in [0.25, 0.3) is 5.91 Å². The molecule has 0 saturated carbocycles. The monoisotopic (exact) mass is 408 g/mol. The van der Waals surface area contributed by atoms with Gasteiger partial charge in [-0.3, -0.25) is 14.7 Å². The van der Waals surface area contributed by atoms with Gasteiger partial charge in [-0.25, -0.2) is 0 Å². The molecular formula is C20H16N4O4S. The molecule has 0 aliphatic heterocycles. The third-order valence-corrected chi connectivity index (χ3v) is 4.89. The predicted molar refractivity (Wildman–Crippen MR) is 109 cm³/mol. The number of aromatic nitrogens is 3. The summed E-state index contributed by atoms with van der Waals surface area (Å²) in [5, 5.41) is 30.1. The van der Waals surface area contributed by atoms with Crippen molar-refractivity contribution in [2.24, 2.45) is 0 Å². The van der Waals surface area contributed by atoms with Crippen LogP contribution in [-0.4, -0.2) is 37.1 Å². The Morgan fingerprint density at radius 2 is 1.79 bits per heavy atom. The number of carbonyl (C=O) groups is 1. The van der Waals surface area contributed by atoms with E-state index in [2.05, 4.69) is 15.5 Å². The molecule has 9 heteroatoms. The van der Waals surface area contributed by atoms with Crippen molar-refractivity contribution in [1.82, 2.24) is 14.8 Å². The SMILES string of the molecule is CSc1cccc(-c2nnc(NC(=O)c3cccc(-n4c(O)ccc4O)c3)o2)c1. The van der Waals surface area contributed by atoms with Crippen molar-refractivity contribution in [2.45, 2.75) is 4.90 Å². The summed E-state index contributed by atoms with van der Waals surface area (Å²) in [6.07, 6.45) is 1.97. The maximum Gasteiger partial charge on any atom is 0.322 e. The van der Waals surface area contributed by atoms with Crippen LogP contribution in [0.5, 0.6) is 11.8 Å². The van der Waals surface area contributed by atoms with Crippen LogP contribution in [0.2, 0.25) is 0 Å². The van der Waals surface area contributed by atoms with Gasteiger partial charge in [-0.15, -0.1) is 16.9 Å². The van der Waals surface area contributed by atoms with E-state index < -0.39 is 5.91 Å². The number of nitrogens with zero attached hydrogens (tertiary/aromatic N) is 3. The van der Waals surface area contributed by atoms with E-state index in [0.717, 1.165) is 10.5 Å². The summed E-state index contributed by atoms with van der Waals surface area (Å²) < 4.78 is 6.76. The van der Waals surface area contributed by atoms with Gasteiger partial charge < -0.3 is 14.6 Å². The molecule has 2 aromatic carbocycles. The molecule has 0 spiro atoms. The zero-order valence-corrected chi connectivity index (χ0v) is 16.1. The van der Waals surface area contributed by atoms with Crippen molar-refractivity contribution < 1.29 is 19.4 Å². The highest BCUT2D eigenvalue weighted by atomic mass is 32.2. The lowest BCUT2D eigenvalue weighted by Gasteiger charge is -2.08. The van der Waals surface area contributed by atoms with Crippen LogP contribution in [0.3, 0.4) is 0 Å². The highest BCUT2D eigenvalue weighted by Crippen LogP contribution is 2.27. The summed E-state index contributed by atoms with van der Waals surface area (Å²) >= 11 is 1.60. The van der Waals surface area contributed by atoms with Crippen LogP contribution in [0.15, 0.2) is 70.0 Å². The molecule has 0 radical (unpaired) electrons. The van der Waals surface area contributed by atoms with Crippen molar-refractivity contribution in [3.63, 3.8) is 0 Å². The molecule has 3 N–H and O–H groups in total. The summed E-state index contributed by atoms with van der Waals surface area (Å²) in [6, 6.07) is 16.7. The number of anilines is 1. The molecule has 1 amide bonds. The number of amides is 1. The average Bonchev–Trinajstić information content (AvgIpc) is 3.34. The Bertz CT molecular complexity index is 1170. The van der Waals surface area contributed by atoms with E-state index in [1.807, 2.05) is 30.5 Å². The number of carbonyl (C=O) groups excluding carboxylic acids is 1. The molecule has 0 bridgehead atoms. The average molecular weight is 408 g/mol. The maximum atomic E-state index is 12.6. The van der Waals surface area contributed by atoms with Crippen LogP contribution in [0.1, 0.15) is 10.4 Å². The number of rotatable bonds is 5. The lowest BCUT2D eigenvalue weighted by Crippen LogP contribution is -2.12. The Labute approximate surface area is 169 Å². The summed E-state index contributed by atoms with van der Waals surface area (Å²) in [4.78, 5) is 13.6. The number of hydrogen-bond acceptors (Lipinski definition) is 7. The van der Waals surface area contributed by atoms with E-state index >= 15 is 0 Å². The van der Waals surface area contributed by atoms with Crippen molar-refractivity contribution in [3.8, 4) is 28.9 Å². The summed E-state index contributed by atoms with van der Waals surface area (Å²) in [6.45, 7) is 0. The van der Waals surface area contributed by atoms with Gasteiger partial charge in [0.15, 0.2) is 11.8 Å². The van der Waals surface area contributed by atoms with E-state index in [0.29, 0.717) is 17.1 Å². The molecule has 2 heterocycles. The fourth-order valence-electron chi connectivity index (χ4n) is 2.78. The Hall–Kier alpha value is -3.72. The fraction of sp³-hybridized carbons (Fsp3) is 0.0500. The number of aromatic hydroxyl groups is 2. The number of thioether (sulfide) groups is 1. The first kappa shape index (κ1) is 18.6. The zero-order chi connectivity index (χ0) is 20.4. The smallest absolute Gasteiger partial charge is 0.322 e. The molecule has 0 fully saturated rings. The minimum Gasteiger partial charge on any atom is -0.494 e. The second-order valence-electron chi connectivity index (χ2n) is 6.03. The van der Waals surface area contributed by atoms with Gasteiger partial charge in [-0.05, 0) is 42.7 Å². The summed E-state index contributed by atoms with van der Waals surface area (Å²) in [7, 11) is 0. The molecule has 2 aromatic heterocycles.